The quantitative estimate of drug-likeness (QED) is 0.778. The fraction of sp³-hybridized carbons (Fsp3) is 0.917. The Balaban J connectivity index is 2.78. The Hall–Kier alpha value is -0.570. The van der Waals surface area contributed by atoms with Crippen molar-refractivity contribution < 1.29 is 9.90 Å². The van der Waals surface area contributed by atoms with E-state index in [1.54, 1.807) is 0 Å². The summed E-state index contributed by atoms with van der Waals surface area (Å²) in [6.45, 7) is 9.30. The highest BCUT2D eigenvalue weighted by Crippen LogP contribution is 2.28. The van der Waals surface area contributed by atoms with Crippen LogP contribution in [0.3, 0.4) is 0 Å². The van der Waals surface area contributed by atoms with E-state index in [1.807, 2.05) is 13.8 Å². The van der Waals surface area contributed by atoms with Crippen LogP contribution in [-0.2, 0) is 4.79 Å². The molecule has 0 aromatic heterocycles. The van der Waals surface area contributed by atoms with Gasteiger partial charge in [0.25, 0.3) is 0 Å². The summed E-state index contributed by atoms with van der Waals surface area (Å²) < 4.78 is 0. The van der Waals surface area contributed by atoms with Gasteiger partial charge in [-0.25, -0.2) is 0 Å². The first-order chi connectivity index (χ1) is 6.95. The Labute approximate surface area is 92.5 Å². The summed E-state index contributed by atoms with van der Waals surface area (Å²) in [5, 5.41) is 9.26. The molecule has 1 fully saturated rings. The van der Waals surface area contributed by atoms with Gasteiger partial charge in [-0.05, 0) is 31.2 Å². The van der Waals surface area contributed by atoms with Gasteiger partial charge in [0.2, 0.25) is 0 Å². The minimum Gasteiger partial charge on any atom is -0.480 e. The van der Waals surface area contributed by atoms with Crippen molar-refractivity contribution in [1.82, 2.24) is 4.90 Å². The average Bonchev–Trinajstić information content (AvgIpc) is 2.51. The molecule has 2 unspecified atom stereocenters. The van der Waals surface area contributed by atoms with Gasteiger partial charge in [0.15, 0.2) is 0 Å². The van der Waals surface area contributed by atoms with Crippen LogP contribution in [0.2, 0.25) is 0 Å². The van der Waals surface area contributed by atoms with Crippen molar-refractivity contribution in [2.24, 2.45) is 11.8 Å². The summed E-state index contributed by atoms with van der Waals surface area (Å²) >= 11 is 0. The number of aliphatic carboxylic acids is 1. The lowest BCUT2D eigenvalue weighted by atomic mass is 9.97. The van der Waals surface area contributed by atoms with Crippen LogP contribution in [0.25, 0.3) is 0 Å². The molecule has 88 valence electrons. The molecule has 1 aliphatic rings. The number of carbonyl (C=O) groups is 1. The van der Waals surface area contributed by atoms with Crippen LogP contribution in [0.4, 0.5) is 0 Å². The van der Waals surface area contributed by atoms with E-state index in [0.29, 0.717) is 12.0 Å². The first-order valence-corrected chi connectivity index (χ1v) is 5.93. The van der Waals surface area contributed by atoms with Gasteiger partial charge < -0.3 is 5.11 Å². The van der Waals surface area contributed by atoms with Crippen LogP contribution < -0.4 is 0 Å². The number of rotatable bonds is 4. The third-order valence-electron chi connectivity index (χ3n) is 3.35. The van der Waals surface area contributed by atoms with Crippen molar-refractivity contribution in [3.63, 3.8) is 0 Å². The van der Waals surface area contributed by atoms with Crippen LogP contribution >= 0.6 is 0 Å². The van der Waals surface area contributed by atoms with E-state index in [0.717, 1.165) is 19.4 Å². The third kappa shape index (κ3) is 2.71. The molecule has 0 aliphatic carbocycles. The van der Waals surface area contributed by atoms with Crippen molar-refractivity contribution in [2.75, 3.05) is 6.54 Å². The van der Waals surface area contributed by atoms with E-state index in [4.69, 9.17) is 0 Å². The Morgan fingerprint density at radius 1 is 1.33 bits per heavy atom. The molecule has 1 saturated heterocycles. The van der Waals surface area contributed by atoms with E-state index in [-0.39, 0.29) is 12.0 Å². The van der Waals surface area contributed by atoms with E-state index >= 15 is 0 Å². The van der Waals surface area contributed by atoms with E-state index in [2.05, 4.69) is 18.7 Å². The summed E-state index contributed by atoms with van der Waals surface area (Å²) in [5.41, 5.74) is 0. The highest BCUT2D eigenvalue weighted by Gasteiger charge is 2.37. The van der Waals surface area contributed by atoms with Gasteiger partial charge in [0.1, 0.15) is 6.04 Å². The maximum absolute atomic E-state index is 11.3. The van der Waals surface area contributed by atoms with Crippen molar-refractivity contribution in [2.45, 2.75) is 52.6 Å². The molecule has 0 bridgehead atoms. The van der Waals surface area contributed by atoms with Gasteiger partial charge in [-0.15, -0.1) is 0 Å². The number of likely N-dealkylation sites (tertiary alicyclic amines) is 1. The molecule has 2 atom stereocenters. The second-order valence-electron chi connectivity index (χ2n) is 5.22. The molecular formula is C12H23NO2. The first kappa shape index (κ1) is 12.5. The second kappa shape index (κ2) is 4.97. The van der Waals surface area contributed by atoms with E-state index in [9.17, 15) is 9.90 Å². The van der Waals surface area contributed by atoms with Crippen molar-refractivity contribution in [3.8, 4) is 0 Å². The van der Waals surface area contributed by atoms with Crippen molar-refractivity contribution in [3.05, 3.63) is 0 Å². The number of carboxylic acid groups (broad SMARTS) is 1. The molecule has 1 aliphatic heterocycles. The fourth-order valence-corrected chi connectivity index (χ4v) is 2.69. The molecule has 0 aromatic rings. The predicted molar refractivity (Wildman–Crippen MR) is 60.8 cm³/mol. The minimum absolute atomic E-state index is 0.182. The van der Waals surface area contributed by atoms with Gasteiger partial charge in [-0.1, -0.05) is 27.7 Å². The zero-order chi connectivity index (χ0) is 11.6. The molecule has 0 radical (unpaired) electrons. The van der Waals surface area contributed by atoms with Crippen molar-refractivity contribution in [1.29, 1.82) is 0 Å². The van der Waals surface area contributed by atoms with Crippen LogP contribution in [0.15, 0.2) is 0 Å². The van der Waals surface area contributed by atoms with Gasteiger partial charge >= 0.3 is 5.97 Å². The highest BCUT2D eigenvalue weighted by molar-refractivity contribution is 5.73. The second-order valence-corrected chi connectivity index (χ2v) is 5.22. The molecule has 0 spiro atoms. The molecule has 3 nitrogen and oxygen atoms in total. The number of hydrogen-bond donors (Lipinski definition) is 1. The van der Waals surface area contributed by atoms with Gasteiger partial charge in [0.05, 0.1) is 0 Å². The fourth-order valence-electron chi connectivity index (χ4n) is 2.69. The zero-order valence-corrected chi connectivity index (χ0v) is 10.2. The molecule has 0 amide bonds. The summed E-state index contributed by atoms with van der Waals surface area (Å²) in [6, 6.07) is 0.147. The SMILES string of the molecule is CC(C)C1CCCN1C(C(=O)O)C(C)C. The Morgan fingerprint density at radius 3 is 2.33 bits per heavy atom. The number of nitrogens with zero attached hydrogens (tertiary/aromatic N) is 1. The summed E-state index contributed by atoms with van der Waals surface area (Å²) in [6.07, 6.45) is 2.29. The number of hydrogen-bond acceptors (Lipinski definition) is 2. The van der Waals surface area contributed by atoms with Gasteiger partial charge in [-0.2, -0.15) is 0 Å². The smallest absolute Gasteiger partial charge is 0.321 e. The Bertz CT molecular complexity index is 226. The van der Waals surface area contributed by atoms with E-state index in [1.165, 1.54) is 0 Å². The lowest BCUT2D eigenvalue weighted by molar-refractivity contribution is -0.145. The molecule has 1 heterocycles. The molecular weight excluding hydrogens is 190 g/mol. The monoisotopic (exact) mass is 213 g/mol. The van der Waals surface area contributed by atoms with Gasteiger partial charge in [0, 0.05) is 6.04 Å². The molecule has 0 aromatic carbocycles. The normalized spacial score (nSPS) is 25.1. The zero-order valence-electron chi connectivity index (χ0n) is 10.2. The van der Waals surface area contributed by atoms with Crippen LogP contribution in [0, 0.1) is 11.8 Å². The van der Waals surface area contributed by atoms with Crippen LogP contribution in [-0.4, -0.2) is 34.6 Å². The molecule has 3 heteroatoms. The summed E-state index contributed by atoms with van der Waals surface area (Å²) in [4.78, 5) is 13.4. The minimum atomic E-state index is -0.669. The third-order valence-corrected chi connectivity index (χ3v) is 3.35. The molecule has 0 saturated carbocycles. The largest absolute Gasteiger partial charge is 0.480 e. The lowest BCUT2D eigenvalue weighted by Crippen LogP contribution is -2.48. The maximum atomic E-state index is 11.3. The van der Waals surface area contributed by atoms with Crippen LogP contribution in [0.1, 0.15) is 40.5 Å². The first-order valence-electron chi connectivity index (χ1n) is 5.93. The maximum Gasteiger partial charge on any atom is 0.321 e. The number of carboxylic acids is 1. The molecule has 1 rings (SSSR count). The summed E-state index contributed by atoms with van der Waals surface area (Å²) in [7, 11) is 0. The predicted octanol–water partition coefficient (Wildman–Crippen LogP) is 2.22. The highest BCUT2D eigenvalue weighted by atomic mass is 16.4. The lowest BCUT2D eigenvalue weighted by Gasteiger charge is -2.34. The topological polar surface area (TPSA) is 40.5 Å². The van der Waals surface area contributed by atoms with Crippen LogP contribution in [0.5, 0.6) is 0 Å². The Kier molecular flexibility index (Phi) is 4.14. The van der Waals surface area contributed by atoms with Gasteiger partial charge in [-0.3, -0.25) is 9.69 Å². The van der Waals surface area contributed by atoms with E-state index < -0.39 is 5.97 Å². The summed E-state index contributed by atoms with van der Waals surface area (Å²) in [5.74, 6) is 0.0625. The molecule has 1 N–H and O–H groups in total. The standard InChI is InChI=1S/C12H23NO2/c1-8(2)10-6-5-7-13(10)11(9(3)4)12(14)15/h8-11H,5-7H2,1-4H3,(H,14,15). The van der Waals surface area contributed by atoms with Crippen molar-refractivity contribution >= 4 is 5.97 Å². The Morgan fingerprint density at radius 2 is 1.93 bits per heavy atom. The molecule has 15 heavy (non-hydrogen) atoms. The average molecular weight is 213 g/mol.